The summed E-state index contributed by atoms with van der Waals surface area (Å²) in [6.07, 6.45) is -4.54. The van der Waals surface area contributed by atoms with Gasteiger partial charge in [-0.25, -0.2) is 0 Å². The van der Waals surface area contributed by atoms with Gasteiger partial charge in [-0.3, -0.25) is 0 Å². The Kier molecular flexibility index (Phi) is 11.8. The van der Waals surface area contributed by atoms with Crippen LogP contribution in [0.5, 0.6) is 0 Å². The zero-order valence-corrected chi connectivity index (χ0v) is 44.3. The van der Waals surface area contributed by atoms with Crippen LogP contribution in [0.25, 0.3) is 122 Å². The molecule has 2 heterocycles. The summed E-state index contributed by atoms with van der Waals surface area (Å²) in [4.78, 5) is 0. The molecule has 0 N–H and O–H groups in total. The van der Waals surface area contributed by atoms with E-state index in [1.54, 1.807) is 6.92 Å². The van der Waals surface area contributed by atoms with Gasteiger partial charge in [0.2, 0.25) is 0 Å². The van der Waals surface area contributed by atoms with E-state index in [-0.39, 0.29) is 0 Å². The zero-order valence-electron chi connectivity index (χ0n) is 44.3. The Morgan fingerprint density at radius 1 is 0.304 bits per heavy atom. The molecule has 11 aromatic carbocycles. The van der Waals surface area contributed by atoms with Crippen molar-refractivity contribution in [2.75, 3.05) is 0 Å². The summed E-state index contributed by atoms with van der Waals surface area (Å²) >= 11 is 0. The van der Waals surface area contributed by atoms with E-state index in [9.17, 15) is 18.4 Å². The number of aromatic nitrogens is 2. The lowest BCUT2D eigenvalue weighted by molar-refractivity contribution is -0.137. The van der Waals surface area contributed by atoms with Gasteiger partial charge in [-0.1, -0.05) is 162 Å². The van der Waals surface area contributed by atoms with Crippen LogP contribution in [0, 0.1) is 45.9 Å². The summed E-state index contributed by atoms with van der Waals surface area (Å²) in [5.41, 5.74) is 21.8. The van der Waals surface area contributed by atoms with Gasteiger partial charge in [0.05, 0.1) is 50.6 Å². The molecule has 0 aliphatic heterocycles. The summed E-state index contributed by atoms with van der Waals surface area (Å²) < 4.78 is 48.5. The Bertz CT molecular complexity index is 4400. The number of hydrogen-bond donors (Lipinski definition) is 0. The average Bonchev–Trinajstić information content (AvgIpc) is 4.21. The molecule has 0 aliphatic rings. The van der Waals surface area contributed by atoms with Gasteiger partial charge in [0.15, 0.2) is 0 Å². The molecule has 380 valence electrons. The van der Waals surface area contributed by atoms with Crippen molar-refractivity contribution < 1.29 is 13.2 Å². The fourth-order valence-corrected chi connectivity index (χ4v) is 11.5. The normalized spacial score (nSPS) is 11.8. The van der Waals surface area contributed by atoms with Crippen LogP contribution in [0.4, 0.5) is 13.2 Å². The van der Waals surface area contributed by atoms with Crippen LogP contribution < -0.4 is 0 Å². The van der Waals surface area contributed by atoms with Crippen LogP contribution in [-0.2, 0) is 6.18 Å². The summed E-state index contributed by atoms with van der Waals surface area (Å²) in [5.74, 6) is 0. The number of hydrogen-bond acceptors (Lipinski definition) is 1. The molecule has 0 saturated heterocycles. The minimum atomic E-state index is -4.54. The monoisotopic (exact) mass is 1030 g/mol. The summed E-state index contributed by atoms with van der Waals surface area (Å²) in [6.45, 7) is 10.1. The van der Waals surface area contributed by atoms with E-state index < -0.39 is 11.7 Å². The molecule has 0 atom stereocenters. The Morgan fingerprint density at radius 2 is 0.658 bits per heavy atom. The van der Waals surface area contributed by atoms with Crippen molar-refractivity contribution in [2.45, 2.75) is 40.8 Å². The number of halogens is 3. The lowest BCUT2D eigenvalue weighted by atomic mass is 9.93. The van der Waals surface area contributed by atoms with Crippen LogP contribution in [-0.4, -0.2) is 9.13 Å². The third-order valence-corrected chi connectivity index (χ3v) is 15.7. The van der Waals surface area contributed by atoms with Gasteiger partial charge in [0.1, 0.15) is 0 Å². The van der Waals surface area contributed by atoms with Crippen molar-refractivity contribution >= 4 is 43.6 Å². The summed E-state index contributed by atoms with van der Waals surface area (Å²) in [7, 11) is 0. The van der Waals surface area contributed by atoms with E-state index in [4.69, 9.17) is 0 Å². The van der Waals surface area contributed by atoms with Crippen LogP contribution in [0.2, 0.25) is 0 Å². The predicted molar refractivity (Wildman–Crippen MR) is 321 cm³/mol. The van der Waals surface area contributed by atoms with Gasteiger partial charge in [-0.05, 0) is 181 Å². The molecular weight excluding hydrogens is 976 g/mol. The van der Waals surface area contributed by atoms with E-state index in [1.807, 2.05) is 36.4 Å². The Morgan fingerprint density at radius 3 is 1.04 bits per heavy atom. The highest BCUT2D eigenvalue weighted by Gasteiger charge is 2.31. The average molecular weight is 1030 g/mol. The molecule has 0 fully saturated rings. The molecule has 0 radical (unpaired) electrons. The summed E-state index contributed by atoms with van der Waals surface area (Å²) in [5, 5.41) is 14.9. The van der Waals surface area contributed by atoms with Crippen molar-refractivity contribution in [3.05, 3.63) is 263 Å². The fourth-order valence-electron chi connectivity index (χ4n) is 11.5. The maximum atomic E-state index is 14.6. The molecule has 0 unspecified atom stereocenters. The zero-order chi connectivity index (χ0) is 54.3. The largest absolute Gasteiger partial charge is 0.416 e. The molecule has 0 saturated carbocycles. The second-order valence-corrected chi connectivity index (χ2v) is 21.2. The minimum absolute atomic E-state index is 0.451. The number of alkyl halides is 3. The Labute approximate surface area is 457 Å². The molecule has 79 heavy (non-hydrogen) atoms. The third-order valence-electron chi connectivity index (χ3n) is 15.7. The van der Waals surface area contributed by atoms with E-state index in [1.165, 1.54) is 34.4 Å². The highest BCUT2D eigenvalue weighted by molar-refractivity contribution is 6.14. The third kappa shape index (κ3) is 8.84. The molecule has 6 heteroatoms. The first-order valence-electron chi connectivity index (χ1n) is 26.6. The summed E-state index contributed by atoms with van der Waals surface area (Å²) in [6, 6.07) is 79.3. The first-order chi connectivity index (χ1) is 38.2. The molecule has 0 bridgehead atoms. The van der Waals surface area contributed by atoms with Crippen molar-refractivity contribution in [2.24, 2.45) is 0 Å². The van der Waals surface area contributed by atoms with Gasteiger partial charge in [-0.15, -0.1) is 0 Å². The predicted octanol–water partition coefficient (Wildman–Crippen LogP) is 20.3. The van der Waals surface area contributed by atoms with E-state index in [0.29, 0.717) is 22.3 Å². The SMILES string of the molecule is Cc1ccc(-c2ccc3c(c2)c2cc(-c4ccc(C)cc4)ccc2n3-c2ccc(-c3cc(C)cc(C(F)(F)F)c3)cc2-c2ccc(C#N)cc2-n2c3ccc(-c4ccc(C)cc4)cc3c3cc(-c4ccc(C)cc4)ccc32)cc1. The lowest BCUT2D eigenvalue weighted by Gasteiger charge is -2.20. The van der Waals surface area contributed by atoms with Gasteiger partial charge >= 0.3 is 6.18 Å². The quantitative estimate of drug-likeness (QED) is 0.149. The molecule has 3 nitrogen and oxygen atoms in total. The number of nitrogens with zero attached hydrogens (tertiary/aromatic N) is 3. The van der Waals surface area contributed by atoms with Crippen molar-refractivity contribution in [3.8, 4) is 84.2 Å². The van der Waals surface area contributed by atoms with Crippen molar-refractivity contribution in [3.63, 3.8) is 0 Å². The molecule has 13 aromatic rings. The number of fused-ring (bicyclic) bond motifs is 6. The maximum Gasteiger partial charge on any atom is 0.416 e. The number of aryl methyl sites for hydroxylation is 5. The van der Waals surface area contributed by atoms with E-state index in [0.717, 1.165) is 111 Å². The number of nitriles is 1. The van der Waals surface area contributed by atoms with Gasteiger partial charge in [0.25, 0.3) is 0 Å². The smallest absolute Gasteiger partial charge is 0.309 e. The Balaban J connectivity index is 1.12. The number of benzene rings is 11. The molecule has 0 spiro atoms. The van der Waals surface area contributed by atoms with Gasteiger partial charge in [0, 0.05) is 32.7 Å². The number of rotatable bonds is 8. The van der Waals surface area contributed by atoms with Gasteiger partial charge in [-0.2, -0.15) is 18.4 Å². The molecule has 0 aliphatic carbocycles. The van der Waals surface area contributed by atoms with Crippen LogP contribution in [0.3, 0.4) is 0 Å². The van der Waals surface area contributed by atoms with Crippen LogP contribution in [0.1, 0.15) is 38.9 Å². The maximum absolute atomic E-state index is 14.6. The van der Waals surface area contributed by atoms with Gasteiger partial charge < -0.3 is 9.13 Å². The van der Waals surface area contributed by atoms with E-state index in [2.05, 4.69) is 219 Å². The molecule has 0 amide bonds. The van der Waals surface area contributed by atoms with E-state index >= 15 is 0 Å². The second-order valence-electron chi connectivity index (χ2n) is 21.2. The second kappa shape index (κ2) is 19.1. The van der Waals surface area contributed by atoms with Crippen LogP contribution in [0.15, 0.2) is 224 Å². The first-order valence-corrected chi connectivity index (χ1v) is 26.6. The minimum Gasteiger partial charge on any atom is -0.309 e. The first kappa shape index (κ1) is 48.9. The highest BCUT2D eigenvalue weighted by atomic mass is 19.4. The topological polar surface area (TPSA) is 33.6 Å². The van der Waals surface area contributed by atoms with Crippen molar-refractivity contribution in [1.29, 1.82) is 5.26 Å². The fraction of sp³-hybridized carbons (Fsp3) is 0.0822. The Hall–Kier alpha value is -9.70. The standard InChI is InChI=1S/C73H52F3N3/c1-44-6-15-50(16-7-44)54-23-29-68-63(38-54)64-39-55(51-17-8-45(2)9-18-51)24-30-69(64)78(68)67-33-27-58(59-34-48(5)35-60(37-59)73(74,75)76)42-62(67)61-28-14-49(43-77)36-72(61)79-70-31-25-56(52-19-10-46(3)11-20-52)40-65(70)66-41-57(26-32-71(66)79)53-21-12-47(4)13-22-53/h6-42H,1-5H3. The van der Waals surface area contributed by atoms with Crippen molar-refractivity contribution in [1.82, 2.24) is 9.13 Å². The highest BCUT2D eigenvalue weighted by Crippen LogP contribution is 2.46. The van der Waals surface area contributed by atoms with Crippen LogP contribution >= 0.6 is 0 Å². The molecular formula is C73H52F3N3. The lowest BCUT2D eigenvalue weighted by Crippen LogP contribution is -2.05. The molecule has 2 aromatic heterocycles. The molecule has 13 rings (SSSR count).